The predicted octanol–water partition coefficient (Wildman–Crippen LogP) is 5.44. The van der Waals surface area contributed by atoms with Crippen LogP contribution in [0.25, 0.3) is 10.8 Å². The van der Waals surface area contributed by atoms with E-state index in [9.17, 15) is 13.2 Å². The van der Waals surface area contributed by atoms with Gasteiger partial charge in [0.25, 0.3) is 0 Å². The summed E-state index contributed by atoms with van der Waals surface area (Å²) in [6.45, 7) is 11.3. The van der Waals surface area contributed by atoms with Crippen LogP contribution in [-0.2, 0) is 27.9 Å². The molecule has 1 amide bonds. The molecule has 0 aliphatic rings. The topological polar surface area (TPSA) is 119 Å². The molecule has 10 heteroatoms. The van der Waals surface area contributed by atoms with Gasteiger partial charge in [-0.3, -0.25) is 9.69 Å². The van der Waals surface area contributed by atoms with Crippen LogP contribution in [0.5, 0.6) is 0 Å². The molecule has 1 heterocycles. The first kappa shape index (κ1) is 33.3. The van der Waals surface area contributed by atoms with E-state index < -0.39 is 16.1 Å². The van der Waals surface area contributed by atoms with Crippen molar-refractivity contribution >= 4 is 26.7 Å². The third kappa shape index (κ3) is 9.46. The second-order valence-electron chi connectivity index (χ2n) is 11.1. The normalized spacial score (nSPS) is 13.3. The Kier molecular flexibility index (Phi) is 12.5. The number of rotatable bonds is 18. The maximum Gasteiger partial charge on any atom is 0.241 e. The van der Waals surface area contributed by atoms with E-state index in [2.05, 4.69) is 50.6 Å². The Bertz CT molecular complexity index is 1550. The fourth-order valence-electron chi connectivity index (χ4n) is 5.32. The Hall–Kier alpha value is -3.57. The van der Waals surface area contributed by atoms with E-state index >= 15 is 0 Å². The minimum Gasteiger partial charge on any atom is -0.348 e. The van der Waals surface area contributed by atoms with E-state index in [0.29, 0.717) is 25.9 Å². The average molecular weight is 618 g/mol. The fourth-order valence-corrected chi connectivity index (χ4v) is 6.55. The van der Waals surface area contributed by atoms with Crippen LogP contribution in [0.15, 0.2) is 84.0 Å². The number of carbonyl (C=O) groups is 1. The highest BCUT2D eigenvalue weighted by Gasteiger charge is 2.27. The van der Waals surface area contributed by atoms with Gasteiger partial charge in [0.05, 0.1) is 17.5 Å². The van der Waals surface area contributed by atoms with Gasteiger partial charge in [-0.1, -0.05) is 68.4 Å². The lowest BCUT2D eigenvalue weighted by molar-refractivity contribution is -0.123. The summed E-state index contributed by atoms with van der Waals surface area (Å²) < 4.78 is 29.8. The van der Waals surface area contributed by atoms with E-state index in [1.807, 2.05) is 49.4 Å². The number of fused-ring (bicyclic) bond motifs is 1. The Morgan fingerprint density at radius 2 is 1.70 bits per heavy atom. The lowest BCUT2D eigenvalue weighted by Crippen LogP contribution is -2.47. The van der Waals surface area contributed by atoms with Crippen molar-refractivity contribution < 1.29 is 13.2 Å². The highest BCUT2D eigenvalue weighted by Crippen LogP contribution is 2.24. The molecule has 0 saturated carbocycles. The Balaban J connectivity index is 1.45. The number of imidazole rings is 1. The standard InChI is InChI=1S/C34H45N6O3S/c1-4-21-40(22-5-2)23-9-14-32(34(41)38-26(3)30-13-8-11-28-10-6-7-12-31(28)30)39-44(42,43)29-17-15-27(16-18-29)24-35-25-33-36-19-20-37-33/h6-8,10-13,15-20,23,26,32,35,39H,4-5,9,14,21-22,24-25H2,1-3H3,(H,36,37)(H,38,41)/t26-,32-/m0/s1. The van der Waals surface area contributed by atoms with Gasteiger partial charge in [-0.05, 0) is 79.7 Å². The van der Waals surface area contributed by atoms with Crippen LogP contribution in [0, 0.1) is 6.54 Å². The zero-order valence-electron chi connectivity index (χ0n) is 25.9. The van der Waals surface area contributed by atoms with Crippen molar-refractivity contribution in [2.75, 3.05) is 13.1 Å². The molecule has 1 radical (unpaired) electrons. The van der Waals surface area contributed by atoms with Gasteiger partial charge in [-0.15, -0.1) is 0 Å². The van der Waals surface area contributed by atoms with E-state index in [-0.39, 0.29) is 16.8 Å². The van der Waals surface area contributed by atoms with Crippen LogP contribution in [0.3, 0.4) is 0 Å². The van der Waals surface area contributed by atoms with Crippen molar-refractivity contribution in [2.24, 2.45) is 0 Å². The quantitative estimate of drug-likeness (QED) is 0.118. The van der Waals surface area contributed by atoms with E-state index in [4.69, 9.17) is 0 Å². The van der Waals surface area contributed by atoms with E-state index in [1.165, 1.54) is 0 Å². The van der Waals surface area contributed by atoms with Crippen LogP contribution >= 0.6 is 0 Å². The van der Waals surface area contributed by atoms with Gasteiger partial charge in [0, 0.05) is 25.5 Å². The molecule has 4 N–H and O–H groups in total. The zero-order chi connectivity index (χ0) is 31.4. The second-order valence-corrected chi connectivity index (χ2v) is 12.8. The molecule has 4 aromatic rings. The number of hydrogen-bond acceptors (Lipinski definition) is 6. The lowest BCUT2D eigenvalue weighted by atomic mass is 9.99. The van der Waals surface area contributed by atoms with E-state index in [0.717, 1.165) is 53.7 Å². The number of benzene rings is 3. The smallest absolute Gasteiger partial charge is 0.241 e. The molecular weight excluding hydrogens is 572 g/mol. The van der Waals surface area contributed by atoms with Crippen LogP contribution in [0.4, 0.5) is 0 Å². The van der Waals surface area contributed by atoms with Gasteiger partial charge in [-0.2, -0.15) is 4.72 Å². The zero-order valence-corrected chi connectivity index (χ0v) is 26.7. The van der Waals surface area contributed by atoms with Gasteiger partial charge in [0.15, 0.2) is 0 Å². The molecule has 3 aromatic carbocycles. The van der Waals surface area contributed by atoms with E-state index in [1.54, 1.807) is 36.7 Å². The molecule has 0 spiro atoms. The van der Waals surface area contributed by atoms with Crippen LogP contribution in [0.2, 0.25) is 0 Å². The summed E-state index contributed by atoms with van der Waals surface area (Å²) in [5.41, 5.74) is 1.92. The number of aromatic nitrogens is 2. The molecule has 0 unspecified atom stereocenters. The molecular formula is C34H45N6O3S. The monoisotopic (exact) mass is 617 g/mol. The molecule has 0 bridgehead atoms. The number of carbonyl (C=O) groups excluding carboxylic acids is 1. The largest absolute Gasteiger partial charge is 0.348 e. The molecule has 0 fully saturated rings. The van der Waals surface area contributed by atoms with Gasteiger partial charge in [0.2, 0.25) is 15.9 Å². The van der Waals surface area contributed by atoms with Crippen molar-refractivity contribution in [1.82, 2.24) is 30.2 Å². The molecule has 1 aromatic heterocycles. The summed E-state index contributed by atoms with van der Waals surface area (Å²) >= 11 is 0. The molecule has 0 aliphatic carbocycles. The Labute approximate surface area is 261 Å². The summed E-state index contributed by atoms with van der Waals surface area (Å²) in [6, 6.07) is 19.5. The SMILES string of the molecule is CCCN([CH]CC[C@H](NS(=O)(=O)c1ccc(CNCc2ncc[nH]2)cc1)C(=O)N[C@@H](C)c1cccc2ccccc12)CCC. The molecule has 0 aliphatic heterocycles. The third-order valence-corrected chi connectivity index (χ3v) is 9.02. The number of hydrogen-bond donors (Lipinski definition) is 4. The molecule has 0 saturated heterocycles. The summed E-state index contributed by atoms with van der Waals surface area (Å²) in [7, 11) is -3.96. The summed E-state index contributed by atoms with van der Waals surface area (Å²) in [6.07, 6.45) is 6.42. The molecule has 44 heavy (non-hydrogen) atoms. The summed E-state index contributed by atoms with van der Waals surface area (Å²) in [4.78, 5) is 23.3. The fraction of sp³-hybridized carbons (Fsp3) is 0.382. The average Bonchev–Trinajstić information content (AvgIpc) is 3.54. The lowest BCUT2D eigenvalue weighted by Gasteiger charge is -2.24. The number of nitrogens with one attached hydrogen (secondary N) is 4. The first-order valence-corrected chi connectivity index (χ1v) is 16.9. The van der Waals surface area contributed by atoms with Crippen LogP contribution in [-0.4, -0.2) is 48.3 Å². The molecule has 9 nitrogen and oxygen atoms in total. The maximum atomic E-state index is 13.7. The minimum absolute atomic E-state index is 0.120. The number of nitrogens with zero attached hydrogens (tertiary/aromatic N) is 2. The molecule has 4 rings (SSSR count). The minimum atomic E-state index is -3.96. The Morgan fingerprint density at radius 3 is 2.41 bits per heavy atom. The number of aromatic amines is 1. The van der Waals surface area contributed by atoms with Crippen molar-refractivity contribution in [3.63, 3.8) is 0 Å². The molecule has 2 atom stereocenters. The summed E-state index contributed by atoms with van der Waals surface area (Å²) in [5, 5.41) is 8.51. The van der Waals surface area contributed by atoms with Crippen molar-refractivity contribution in [3.8, 4) is 0 Å². The van der Waals surface area contributed by atoms with Gasteiger partial charge >= 0.3 is 0 Å². The predicted molar refractivity (Wildman–Crippen MR) is 176 cm³/mol. The number of amides is 1. The van der Waals surface area contributed by atoms with Crippen molar-refractivity contribution in [3.05, 3.63) is 103 Å². The van der Waals surface area contributed by atoms with Crippen molar-refractivity contribution in [2.45, 2.75) is 76.5 Å². The highest BCUT2D eigenvalue weighted by atomic mass is 32.2. The summed E-state index contributed by atoms with van der Waals surface area (Å²) in [5.74, 6) is 0.482. The van der Waals surface area contributed by atoms with Crippen LogP contribution < -0.4 is 15.4 Å². The van der Waals surface area contributed by atoms with Crippen LogP contribution in [0.1, 0.15) is 69.4 Å². The molecule has 235 valence electrons. The number of sulfonamides is 1. The maximum absolute atomic E-state index is 13.7. The highest BCUT2D eigenvalue weighted by molar-refractivity contribution is 7.89. The van der Waals surface area contributed by atoms with Gasteiger partial charge in [0.1, 0.15) is 11.9 Å². The third-order valence-electron chi connectivity index (χ3n) is 7.54. The Morgan fingerprint density at radius 1 is 0.977 bits per heavy atom. The van der Waals surface area contributed by atoms with Crippen molar-refractivity contribution in [1.29, 1.82) is 0 Å². The second kappa shape index (κ2) is 16.5. The number of H-pyrrole nitrogens is 1. The van der Waals surface area contributed by atoms with Gasteiger partial charge in [-0.25, -0.2) is 13.4 Å². The first-order valence-electron chi connectivity index (χ1n) is 15.5. The first-order chi connectivity index (χ1) is 21.3. The van der Waals surface area contributed by atoms with Gasteiger partial charge < -0.3 is 15.6 Å².